The summed E-state index contributed by atoms with van der Waals surface area (Å²) in [5.41, 5.74) is -1.51. The van der Waals surface area contributed by atoms with Crippen LogP contribution >= 0.6 is 0 Å². The molecule has 2 saturated carbocycles. The summed E-state index contributed by atoms with van der Waals surface area (Å²) in [7, 11) is 1.40. The molecule has 3 unspecified atom stereocenters. The fourth-order valence-corrected chi connectivity index (χ4v) is 11.4. The van der Waals surface area contributed by atoms with Crippen molar-refractivity contribution in [3.63, 3.8) is 0 Å². The molecule has 0 radical (unpaired) electrons. The van der Waals surface area contributed by atoms with Gasteiger partial charge >= 0.3 is 6.01 Å². The highest BCUT2D eigenvalue weighted by molar-refractivity contribution is 6.04. The number of halogens is 2. The van der Waals surface area contributed by atoms with Gasteiger partial charge in [0.2, 0.25) is 11.8 Å². The Hall–Kier alpha value is -4.84. The maximum Gasteiger partial charge on any atom is 0.319 e. The maximum atomic E-state index is 17.5. The average molecular weight is 839 g/mol. The molecule has 2 aromatic heterocycles. The fraction of sp³-hybridized carbons (Fsp3) is 0.574. The number of ether oxygens (including phenoxy) is 3. The van der Waals surface area contributed by atoms with Gasteiger partial charge in [-0.2, -0.15) is 9.97 Å². The van der Waals surface area contributed by atoms with Crippen molar-refractivity contribution in [2.24, 2.45) is 16.7 Å². The van der Waals surface area contributed by atoms with E-state index >= 15 is 8.78 Å². The minimum atomic E-state index is -1.26. The lowest BCUT2D eigenvalue weighted by Gasteiger charge is -2.59. The summed E-state index contributed by atoms with van der Waals surface area (Å²) in [5, 5.41) is 22.8. The van der Waals surface area contributed by atoms with E-state index in [9.17, 15) is 15.0 Å². The molecule has 5 heterocycles. The Morgan fingerprint density at radius 1 is 1.05 bits per heavy atom. The number of benzene rings is 2. The van der Waals surface area contributed by atoms with E-state index in [-0.39, 0.29) is 93.6 Å². The van der Waals surface area contributed by atoms with Gasteiger partial charge in [0.1, 0.15) is 39.6 Å². The number of aliphatic hydroxyl groups is 1. The van der Waals surface area contributed by atoms with Crippen molar-refractivity contribution in [2.45, 2.75) is 96.2 Å². The van der Waals surface area contributed by atoms with Crippen molar-refractivity contribution in [3.05, 3.63) is 41.5 Å². The normalized spacial score (nSPS) is 25.7. The predicted molar refractivity (Wildman–Crippen MR) is 228 cm³/mol. The Morgan fingerprint density at radius 2 is 1.82 bits per heavy atom. The monoisotopic (exact) mass is 838 g/mol. The number of carbonyl (C=O) groups excluding carboxylic acids is 1. The van der Waals surface area contributed by atoms with Crippen molar-refractivity contribution in [1.29, 1.82) is 0 Å². The third-order valence-electron chi connectivity index (χ3n) is 14.4. The first kappa shape index (κ1) is 41.5. The van der Waals surface area contributed by atoms with E-state index in [0.717, 1.165) is 77.4 Å². The third kappa shape index (κ3) is 7.40. The highest BCUT2D eigenvalue weighted by atomic mass is 19.1. The number of pyridine rings is 1. The van der Waals surface area contributed by atoms with Crippen molar-refractivity contribution >= 4 is 33.4 Å². The number of hydrogen-bond acceptors (Lipinski definition) is 11. The number of aromatic nitrogens is 3. The predicted octanol–water partition coefficient (Wildman–Crippen LogP) is 6.85. The number of hydrogen-bond donors (Lipinski definition) is 2. The van der Waals surface area contributed by atoms with Gasteiger partial charge in [-0.3, -0.25) is 9.69 Å². The molecule has 1 spiro atoms. The molecule has 14 heteroatoms. The lowest BCUT2D eigenvalue weighted by molar-refractivity contribution is -0.141. The van der Waals surface area contributed by atoms with Crippen LogP contribution in [0.15, 0.2) is 24.3 Å². The molecule has 61 heavy (non-hydrogen) atoms. The zero-order valence-electron chi connectivity index (χ0n) is 35.6. The van der Waals surface area contributed by atoms with Crippen molar-refractivity contribution in [2.75, 3.05) is 64.6 Å². The number of anilines is 1. The SMILES string of the molecule is C#Cc1c(F)ccc2cc(O)cc(-c3nc(OC)c4c(N5CCOCC(C)(O)C5)nc(OCC56CCCC5N(C5CC7(CCN(C(=O)C(C)C)CC7)C5)CCC6)nc4c3F)c12. The number of methoxy groups -OCH3 is 1. The number of rotatable bonds is 8. The van der Waals surface area contributed by atoms with Gasteiger partial charge in [-0.05, 0) is 93.8 Å². The molecule has 324 valence electrons. The molecule has 2 aliphatic carbocycles. The molecule has 9 rings (SSSR count). The summed E-state index contributed by atoms with van der Waals surface area (Å²) in [6, 6.07) is 6.22. The first-order chi connectivity index (χ1) is 29.2. The molecule has 3 saturated heterocycles. The minimum absolute atomic E-state index is 0.0132. The first-order valence-corrected chi connectivity index (χ1v) is 21.8. The first-order valence-electron chi connectivity index (χ1n) is 21.8. The quantitative estimate of drug-likeness (QED) is 0.181. The van der Waals surface area contributed by atoms with Crippen LogP contribution in [0.5, 0.6) is 17.6 Å². The largest absolute Gasteiger partial charge is 0.508 e. The molecular formula is C47H56F2N6O6. The number of piperidine rings is 2. The van der Waals surface area contributed by atoms with Gasteiger partial charge < -0.3 is 34.2 Å². The van der Waals surface area contributed by atoms with Crippen LogP contribution in [0.25, 0.3) is 32.9 Å². The second-order valence-electron chi connectivity index (χ2n) is 18.9. The fourth-order valence-electron chi connectivity index (χ4n) is 11.4. The standard InChI is InChI=1S/C47H56F2N6O6/c1-6-32-34(48)11-10-29-21-31(56)22-33(36(29)32)39-38(49)40-37(42(50-39)59-5)41(54-19-20-60-26-45(4,58)25-54)52-44(51-40)61-27-47-12-7-9-35(47)55(16-8-13-47)30-23-46(24-30)14-17-53(18-15-46)43(57)28(2)3/h1,10-11,21-22,28,30,35,56,58H,7-9,12-20,23-27H2,2-5H3. The number of likely N-dealkylation sites (tertiary alicyclic amines) is 2. The summed E-state index contributed by atoms with van der Waals surface area (Å²) in [5.74, 6) is 1.20. The van der Waals surface area contributed by atoms with E-state index in [2.05, 4.69) is 20.7 Å². The Labute approximate surface area is 355 Å². The Kier molecular flexibility index (Phi) is 10.8. The van der Waals surface area contributed by atoms with E-state index < -0.39 is 17.2 Å². The second-order valence-corrected chi connectivity index (χ2v) is 18.9. The van der Waals surface area contributed by atoms with Gasteiger partial charge in [0.15, 0.2) is 5.82 Å². The molecule has 5 aliphatic rings. The molecular weight excluding hydrogens is 783 g/mol. The molecule has 2 aromatic carbocycles. The van der Waals surface area contributed by atoms with Gasteiger partial charge in [0.05, 0.1) is 39.0 Å². The molecule has 2 N–H and O–H groups in total. The average Bonchev–Trinajstić information content (AvgIpc) is 3.58. The van der Waals surface area contributed by atoms with Gasteiger partial charge in [-0.25, -0.2) is 13.8 Å². The van der Waals surface area contributed by atoms with Crippen molar-refractivity contribution in [3.8, 4) is 41.2 Å². The van der Waals surface area contributed by atoms with Crippen molar-refractivity contribution < 1.29 is 38.0 Å². The number of phenols is 1. The number of aromatic hydroxyl groups is 1. The summed E-state index contributed by atoms with van der Waals surface area (Å²) < 4.78 is 50.9. The topological polar surface area (TPSA) is 134 Å². The molecule has 3 atom stereocenters. The number of terminal acetylenes is 1. The zero-order chi connectivity index (χ0) is 42.8. The summed E-state index contributed by atoms with van der Waals surface area (Å²) in [6.45, 7) is 9.54. The lowest BCUT2D eigenvalue weighted by atomic mass is 9.59. The van der Waals surface area contributed by atoms with Gasteiger partial charge in [0.25, 0.3) is 0 Å². The second kappa shape index (κ2) is 15.8. The molecule has 4 aromatic rings. The van der Waals surface area contributed by atoms with E-state index in [4.69, 9.17) is 30.6 Å². The van der Waals surface area contributed by atoms with Crippen LogP contribution in [0.1, 0.15) is 84.1 Å². The molecule has 3 aliphatic heterocycles. The van der Waals surface area contributed by atoms with E-state index in [1.807, 2.05) is 18.7 Å². The van der Waals surface area contributed by atoms with Crippen molar-refractivity contribution in [1.82, 2.24) is 24.8 Å². The Bertz CT molecular complexity index is 2410. The van der Waals surface area contributed by atoms with Crippen LogP contribution in [0.4, 0.5) is 14.6 Å². The third-order valence-corrected chi connectivity index (χ3v) is 14.4. The summed E-state index contributed by atoms with van der Waals surface area (Å²) in [6.07, 6.45) is 15.4. The highest BCUT2D eigenvalue weighted by Gasteiger charge is 2.55. The summed E-state index contributed by atoms with van der Waals surface area (Å²) in [4.78, 5) is 33.6. The van der Waals surface area contributed by atoms with E-state index in [1.54, 1.807) is 6.92 Å². The van der Waals surface area contributed by atoms with Crippen LogP contribution in [-0.2, 0) is 9.53 Å². The Morgan fingerprint density at radius 3 is 2.56 bits per heavy atom. The van der Waals surface area contributed by atoms with Crippen LogP contribution in [0, 0.1) is 40.7 Å². The van der Waals surface area contributed by atoms with Gasteiger partial charge in [-0.15, -0.1) is 6.42 Å². The molecule has 5 fully saturated rings. The maximum absolute atomic E-state index is 17.5. The number of phenolic OH excluding ortho intramolecular Hbond substituents is 1. The highest BCUT2D eigenvalue weighted by Crippen LogP contribution is 2.56. The van der Waals surface area contributed by atoms with Gasteiger partial charge in [-0.1, -0.05) is 32.3 Å². The minimum Gasteiger partial charge on any atom is -0.508 e. The lowest BCUT2D eigenvalue weighted by Crippen LogP contribution is -2.62. The van der Waals surface area contributed by atoms with Crippen LogP contribution in [0.2, 0.25) is 0 Å². The number of β-amino-alcohol motifs (C(OH)–C–C–N with tert-alkyl or cyclic N) is 1. The van der Waals surface area contributed by atoms with Crippen LogP contribution in [0.3, 0.4) is 0 Å². The van der Waals surface area contributed by atoms with Crippen LogP contribution in [-0.4, -0.2) is 118 Å². The molecule has 1 amide bonds. The number of fused-ring (bicyclic) bond motifs is 3. The number of amides is 1. The van der Waals surface area contributed by atoms with Gasteiger partial charge in [0, 0.05) is 54.0 Å². The Balaban J connectivity index is 1.06. The van der Waals surface area contributed by atoms with E-state index in [1.165, 1.54) is 31.4 Å². The molecule has 0 bridgehead atoms. The zero-order valence-corrected chi connectivity index (χ0v) is 35.6. The number of carbonyl (C=O) groups is 1. The number of nitrogens with zero attached hydrogens (tertiary/aromatic N) is 6. The summed E-state index contributed by atoms with van der Waals surface area (Å²) >= 11 is 0. The van der Waals surface area contributed by atoms with E-state index in [0.29, 0.717) is 36.0 Å². The smallest absolute Gasteiger partial charge is 0.319 e. The molecule has 12 nitrogen and oxygen atoms in total. The van der Waals surface area contributed by atoms with Crippen LogP contribution < -0.4 is 14.4 Å².